The minimum atomic E-state index is -5.10. The predicted octanol–water partition coefficient (Wildman–Crippen LogP) is 3.95. The van der Waals surface area contributed by atoms with Crippen LogP contribution >= 0.6 is 0 Å². The topological polar surface area (TPSA) is 112 Å². The smallest absolute Gasteiger partial charge is 0.433 e. The van der Waals surface area contributed by atoms with Crippen molar-refractivity contribution in [2.24, 2.45) is 0 Å². The van der Waals surface area contributed by atoms with Crippen LogP contribution in [0.5, 0.6) is 0 Å². The number of carbonyl (C=O) groups is 2. The second-order valence-corrected chi connectivity index (χ2v) is 7.20. The number of carboxylic acid groups (broad SMARTS) is 1. The van der Waals surface area contributed by atoms with Gasteiger partial charge in [0.25, 0.3) is 5.91 Å². The lowest BCUT2D eigenvalue weighted by Gasteiger charge is -2.18. The fourth-order valence-corrected chi connectivity index (χ4v) is 3.08. The van der Waals surface area contributed by atoms with Crippen LogP contribution in [0.2, 0.25) is 0 Å². The average Bonchev–Trinajstić information content (AvgIpc) is 2.76. The molecule has 2 unspecified atom stereocenters. The number of rotatable bonds is 5. The van der Waals surface area contributed by atoms with E-state index in [1.54, 1.807) is 0 Å². The highest BCUT2D eigenvalue weighted by Gasteiger charge is 2.38. The first-order chi connectivity index (χ1) is 15.7. The number of para-hydroxylation sites is 1. The van der Waals surface area contributed by atoms with Crippen molar-refractivity contribution >= 4 is 22.8 Å². The molecule has 3 aromatic rings. The van der Waals surface area contributed by atoms with Crippen molar-refractivity contribution in [2.75, 3.05) is 0 Å². The quantitative estimate of drug-likeness (QED) is 0.470. The Kier molecular flexibility index (Phi) is 6.51. The molecule has 0 saturated carbocycles. The van der Waals surface area contributed by atoms with Crippen LogP contribution in [0.15, 0.2) is 42.6 Å². The van der Waals surface area contributed by atoms with E-state index in [9.17, 15) is 41.0 Å². The van der Waals surface area contributed by atoms with E-state index in [1.165, 1.54) is 6.92 Å². The third-order valence-electron chi connectivity index (χ3n) is 4.81. The van der Waals surface area contributed by atoms with Gasteiger partial charge in [-0.05, 0) is 36.8 Å². The van der Waals surface area contributed by atoms with Crippen LogP contribution in [-0.4, -0.2) is 38.1 Å². The molecule has 13 heteroatoms. The maximum atomic E-state index is 13.4. The fraction of sp³-hybridized carbons (Fsp3) is 0.238. The van der Waals surface area contributed by atoms with Gasteiger partial charge in [0.05, 0.1) is 22.3 Å². The third-order valence-corrected chi connectivity index (χ3v) is 4.81. The van der Waals surface area contributed by atoms with Crippen molar-refractivity contribution in [2.45, 2.75) is 31.4 Å². The Hall–Kier alpha value is -3.74. The summed E-state index contributed by atoms with van der Waals surface area (Å²) < 4.78 is 80.3. The number of halogens is 6. The van der Waals surface area contributed by atoms with E-state index in [4.69, 9.17) is 5.11 Å². The Balaban J connectivity index is 2.08. The normalized spacial score (nSPS) is 14.0. The molecule has 0 spiro atoms. The van der Waals surface area contributed by atoms with Crippen molar-refractivity contribution in [1.82, 2.24) is 15.3 Å². The second-order valence-electron chi connectivity index (χ2n) is 7.20. The Bertz CT molecular complexity index is 1240. The first-order valence-electron chi connectivity index (χ1n) is 9.46. The molecule has 1 amide bonds. The van der Waals surface area contributed by atoms with E-state index >= 15 is 0 Å². The molecule has 3 N–H and O–H groups in total. The Morgan fingerprint density at radius 2 is 1.71 bits per heavy atom. The van der Waals surface area contributed by atoms with E-state index in [-0.39, 0.29) is 16.6 Å². The maximum Gasteiger partial charge on any atom is 0.433 e. The summed E-state index contributed by atoms with van der Waals surface area (Å²) in [7, 11) is 0. The standard InChI is InChI=1S/C21H15F6N3O4/c1-9(19(33)34)29-18(32)10-5-6-14(28-8-10)17(31)12-7-15(21(25,26)27)30-16-11(12)3-2-4-13(16)20(22,23)24/h2-9,17,31H,1H3,(H,29,32)(H,33,34). The number of nitrogens with one attached hydrogen (secondary N) is 1. The van der Waals surface area contributed by atoms with Gasteiger partial charge in [0.1, 0.15) is 17.8 Å². The van der Waals surface area contributed by atoms with Crippen molar-refractivity contribution in [3.63, 3.8) is 0 Å². The third kappa shape index (κ3) is 5.09. The van der Waals surface area contributed by atoms with Crippen LogP contribution in [0, 0.1) is 0 Å². The molecule has 0 fully saturated rings. The zero-order chi connectivity index (χ0) is 25.4. The van der Waals surface area contributed by atoms with Crippen LogP contribution in [0.4, 0.5) is 26.3 Å². The van der Waals surface area contributed by atoms with Crippen molar-refractivity contribution in [3.05, 3.63) is 70.7 Å². The minimum Gasteiger partial charge on any atom is -0.480 e. The summed E-state index contributed by atoms with van der Waals surface area (Å²) in [5.41, 5.74) is -4.92. The largest absolute Gasteiger partial charge is 0.480 e. The number of carbonyl (C=O) groups excluding carboxylic acids is 1. The van der Waals surface area contributed by atoms with E-state index in [2.05, 4.69) is 15.3 Å². The van der Waals surface area contributed by atoms with Gasteiger partial charge in [-0.3, -0.25) is 14.6 Å². The van der Waals surface area contributed by atoms with E-state index in [0.717, 1.165) is 30.5 Å². The van der Waals surface area contributed by atoms with Crippen LogP contribution in [-0.2, 0) is 17.1 Å². The molecule has 2 heterocycles. The van der Waals surface area contributed by atoms with Gasteiger partial charge in [0, 0.05) is 11.6 Å². The monoisotopic (exact) mass is 487 g/mol. The van der Waals surface area contributed by atoms with Crippen molar-refractivity contribution < 1.29 is 46.1 Å². The van der Waals surface area contributed by atoms with Crippen molar-refractivity contribution in [1.29, 1.82) is 0 Å². The lowest BCUT2D eigenvalue weighted by molar-refractivity contribution is -0.142. The number of aliphatic hydroxyl groups excluding tert-OH is 1. The number of hydrogen-bond donors (Lipinski definition) is 3. The highest BCUT2D eigenvalue weighted by molar-refractivity contribution is 5.96. The summed E-state index contributed by atoms with van der Waals surface area (Å²) in [6.45, 7) is 1.22. The summed E-state index contributed by atoms with van der Waals surface area (Å²) in [5, 5.41) is 21.3. The Labute approximate surface area is 187 Å². The summed E-state index contributed by atoms with van der Waals surface area (Å²) >= 11 is 0. The number of hydrogen-bond acceptors (Lipinski definition) is 5. The number of aliphatic hydroxyl groups is 1. The molecule has 0 saturated heterocycles. The molecular weight excluding hydrogens is 472 g/mol. The molecule has 1 aromatic carbocycles. The van der Waals surface area contributed by atoms with Gasteiger partial charge in [0.2, 0.25) is 0 Å². The zero-order valence-electron chi connectivity index (χ0n) is 17.1. The fourth-order valence-electron chi connectivity index (χ4n) is 3.08. The van der Waals surface area contributed by atoms with Gasteiger partial charge in [-0.15, -0.1) is 0 Å². The summed E-state index contributed by atoms with van der Waals surface area (Å²) in [6, 6.07) is 4.07. The molecular formula is C21H15F6N3O4. The average molecular weight is 487 g/mol. The van der Waals surface area contributed by atoms with Crippen molar-refractivity contribution in [3.8, 4) is 0 Å². The van der Waals surface area contributed by atoms with Gasteiger partial charge in [0.15, 0.2) is 0 Å². The number of amides is 1. The van der Waals surface area contributed by atoms with Gasteiger partial charge in [-0.2, -0.15) is 26.3 Å². The molecule has 0 aliphatic rings. The Morgan fingerprint density at radius 1 is 1.03 bits per heavy atom. The Morgan fingerprint density at radius 3 is 2.24 bits per heavy atom. The predicted molar refractivity (Wildman–Crippen MR) is 105 cm³/mol. The second kappa shape index (κ2) is 8.89. The van der Waals surface area contributed by atoms with Crippen LogP contribution in [0.25, 0.3) is 10.9 Å². The number of pyridine rings is 2. The van der Waals surface area contributed by atoms with Crippen LogP contribution < -0.4 is 5.32 Å². The highest BCUT2D eigenvalue weighted by Crippen LogP contribution is 2.39. The van der Waals surface area contributed by atoms with Gasteiger partial charge in [-0.1, -0.05) is 12.1 Å². The molecule has 180 valence electrons. The number of aromatic nitrogens is 2. The number of alkyl halides is 6. The summed E-state index contributed by atoms with van der Waals surface area (Å²) in [5.74, 6) is -2.11. The van der Waals surface area contributed by atoms with Crippen LogP contribution in [0.3, 0.4) is 0 Å². The lowest BCUT2D eigenvalue weighted by atomic mass is 9.97. The molecule has 2 aromatic heterocycles. The maximum absolute atomic E-state index is 13.4. The van der Waals surface area contributed by atoms with E-state index in [0.29, 0.717) is 12.1 Å². The lowest BCUT2D eigenvalue weighted by Crippen LogP contribution is -2.38. The zero-order valence-corrected chi connectivity index (χ0v) is 17.1. The van der Waals surface area contributed by atoms with E-state index < -0.39 is 58.7 Å². The number of carboxylic acids is 1. The summed E-state index contributed by atoms with van der Waals surface area (Å²) in [4.78, 5) is 29.9. The van der Waals surface area contributed by atoms with E-state index in [1.807, 2.05) is 0 Å². The molecule has 0 aliphatic carbocycles. The van der Waals surface area contributed by atoms with Crippen LogP contribution in [0.1, 0.15) is 45.9 Å². The molecule has 0 aliphatic heterocycles. The molecule has 0 radical (unpaired) electrons. The molecule has 7 nitrogen and oxygen atoms in total. The number of nitrogens with zero attached hydrogens (tertiary/aromatic N) is 2. The summed E-state index contributed by atoms with van der Waals surface area (Å²) in [6.07, 6.45) is -11.1. The minimum absolute atomic E-state index is 0.112. The van der Waals surface area contributed by atoms with Gasteiger partial charge < -0.3 is 15.5 Å². The molecule has 2 atom stereocenters. The SMILES string of the molecule is CC(NC(=O)c1ccc(C(O)c2cc(C(F)(F)F)nc3c(C(F)(F)F)cccc23)nc1)C(=O)O. The first kappa shape index (κ1) is 24.9. The number of benzene rings is 1. The highest BCUT2D eigenvalue weighted by atomic mass is 19.4. The first-order valence-corrected chi connectivity index (χ1v) is 9.46. The number of aliphatic carboxylic acids is 1. The molecule has 0 bridgehead atoms. The van der Waals surface area contributed by atoms with Gasteiger partial charge >= 0.3 is 18.3 Å². The van der Waals surface area contributed by atoms with Gasteiger partial charge in [-0.25, -0.2) is 4.98 Å². The molecule has 3 rings (SSSR count). The number of fused-ring (bicyclic) bond motifs is 1. The molecule has 34 heavy (non-hydrogen) atoms.